The summed E-state index contributed by atoms with van der Waals surface area (Å²) in [7, 11) is 0. The molecule has 15 heavy (non-hydrogen) atoms. The molecular formula is C10H9IN2S2. The summed E-state index contributed by atoms with van der Waals surface area (Å²) in [5.74, 6) is 0.515. The van der Waals surface area contributed by atoms with Crippen molar-refractivity contribution in [2.24, 2.45) is 0 Å². The quantitative estimate of drug-likeness (QED) is 0.735. The number of aromatic nitrogens is 2. The summed E-state index contributed by atoms with van der Waals surface area (Å²) in [4.78, 5) is 1.55. The van der Waals surface area contributed by atoms with Gasteiger partial charge in [-0.25, -0.2) is 0 Å². The van der Waals surface area contributed by atoms with Crippen LogP contribution in [0.3, 0.4) is 0 Å². The van der Waals surface area contributed by atoms with Crippen molar-refractivity contribution in [2.75, 3.05) is 0 Å². The van der Waals surface area contributed by atoms with Crippen molar-refractivity contribution in [2.45, 2.75) is 25.2 Å². The van der Waals surface area contributed by atoms with Gasteiger partial charge in [0.15, 0.2) is 3.01 Å². The normalized spacial score (nSPS) is 20.2. The lowest BCUT2D eigenvalue weighted by Gasteiger charge is -2.19. The van der Waals surface area contributed by atoms with Crippen LogP contribution >= 0.6 is 45.3 Å². The summed E-state index contributed by atoms with van der Waals surface area (Å²) in [5.41, 5.74) is 1.50. The summed E-state index contributed by atoms with van der Waals surface area (Å²) in [6.45, 7) is 0. The summed E-state index contributed by atoms with van der Waals surface area (Å²) in [6.07, 6.45) is 3.77. The molecule has 0 saturated carbocycles. The Kier molecular flexibility index (Phi) is 2.78. The van der Waals surface area contributed by atoms with Gasteiger partial charge in [-0.1, -0.05) is 11.3 Å². The van der Waals surface area contributed by atoms with Crippen LogP contribution in [-0.2, 0) is 6.42 Å². The molecule has 0 aliphatic heterocycles. The first-order chi connectivity index (χ1) is 7.34. The average molecular weight is 348 g/mol. The molecular weight excluding hydrogens is 339 g/mol. The van der Waals surface area contributed by atoms with Crippen LogP contribution in [0.15, 0.2) is 11.4 Å². The van der Waals surface area contributed by atoms with Gasteiger partial charge in [-0.2, -0.15) is 0 Å². The Bertz CT molecular complexity index is 477. The number of aryl methyl sites for hydroxylation is 1. The van der Waals surface area contributed by atoms with E-state index in [1.54, 1.807) is 16.2 Å². The number of fused-ring (bicyclic) bond motifs is 1. The molecule has 2 nitrogen and oxygen atoms in total. The fourth-order valence-electron chi connectivity index (χ4n) is 2.10. The number of hydrogen-bond acceptors (Lipinski definition) is 4. The predicted octanol–water partition coefficient (Wildman–Crippen LogP) is 3.67. The maximum atomic E-state index is 4.28. The fraction of sp³-hybridized carbons (Fsp3) is 0.400. The molecule has 5 heteroatoms. The first-order valence-electron chi connectivity index (χ1n) is 4.90. The Labute approximate surface area is 110 Å². The van der Waals surface area contributed by atoms with Crippen molar-refractivity contribution >= 4 is 45.3 Å². The van der Waals surface area contributed by atoms with Crippen LogP contribution in [0, 0.1) is 3.01 Å². The van der Waals surface area contributed by atoms with Crippen LogP contribution < -0.4 is 0 Å². The smallest absolute Gasteiger partial charge is 0.149 e. The van der Waals surface area contributed by atoms with Crippen LogP contribution in [0.2, 0.25) is 0 Å². The summed E-state index contributed by atoms with van der Waals surface area (Å²) < 4.78 is 1.05. The second-order valence-corrected chi connectivity index (χ2v) is 7.40. The van der Waals surface area contributed by atoms with E-state index in [-0.39, 0.29) is 0 Å². The molecule has 2 aromatic heterocycles. The molecule has 78 valence electrons. The second kappa shape index (κ2) is 4.10. The number of nitrogens with zero attached hydrogens (tertiary/aromatic N) is 2. The van der Waals surface area contributed by atoms with Crippen LogP contribution in [0.1, 0.15) is 34.2 Å². The lowest BCUT2D eigenvalue weighted by molar-refractivity contribution is 0.617. The van der Waals surface area contributed by atoms with Crippen molar-refractivity contribution in [3.63, 3.8) is 0 Å². The molecule has 0 amide bonds. The second-order valence-electron chi connectivity index (χ2n) is 3.64. The van der Waals surface area contributed by atoms with Gasteiger partial charge in [0, 0.05) is 10.8 Å². The number of hydrogen-bond donors (Lipinski definition) is 0. The van der Waals surface area contributed by atoms with Crippen molar-refractivity contribution in [1.82, 2.24) is 10.2 Å². The van der Waals surface area contributed by atoms with Crippen molar-refractivity contribution < 1.29 is 0 Å². The maximum Gasteiger partial charge on any atom is 0.178 e. The molecule has 3 rings (SSSR count). The summed E-state index contributed by atoms with van der Waals surface area (Å²) in [6, 6.07) is 2.26. The monoisotopic (exact) mass is 348 g/mol. The molecule has 1 aliphatic carbocycles. The Morgan fingerprint density at radius 3 is 3.13 bits per heavy atom. The molecule has 2 aromatic rings. The van der Waals surface area contributed by atoms with Gasteiger partial charge in [0.2, 0.25) is 0 Å². The van der Waals surface area contributed by atoms with Gasteiger partial charge in [0.1, 0.15) is 5.01 Å². The van der Waals surface area contributed by atoms with E-state index >= 15 is 0 Å². The third-order valence-electron chi connectivity index (χ3n) is 2.77. The van der Waals surface area contributed by atoms with E-state index < -0.39 is 0 Å². The fourth-order valence-corrected chi connectivity index (χ4v) is 4.59. The molecule has 0 spiro atoms. The molecule has 0 radical (unpaired) electrons. The van der Waals surface area contributed by atoms with Crippen LogP contribution in [0.25, 0.3) is 0 Å². The van der Waals surface area contributed by atoms with Gasteiger partial charge in [-0.15, -0.1) is 21.5 Å². The van der Waals surface area contributed by atoms with E-state index in [2.05, 4.69) is 44.2 Å². The summed E-state index contributed by atoms with van der Waals surface area (Å²) >= 11 is 5.86. The molecule has 0 fully saturated rings. The molecule has 0 aromatic carbocycles. The molecule has 2 heterocycles. The SMILES string of the molecule is Ic1nnc(C2CCCc3sccc32)s1. The Morgan fingerprint density at radius 2 is 2.33 bits per heavy atom. The average Bonchev–Trinajstić information content (AvgIpc) is 2.84. The van der Waals surface area contributed by atoms with Gasteiger partial charge in [0.05, 0.1) is 0 Å². The highest BCUT2D eigenvalue weighted by Crippen LogP contribution is 2.40. The van der Waals surface area contributed by atoms with E-state index in [0.717, 1.165) is 3.01 Å². The molecule has 0 bridgehead atoms. The minimum absolute atomic E-state index is 0.515. The molecule has 1 unspecified atom stereocenters. The zero-order valence-corrected chi connectivity index (χ0v) is 11.7. The topological polar surface area (TPSA) is 25.8 Å². The van der Waals surface area contributed by atoms with E-state index in [4.69, 9.17) is 0 Å². The Balaban J connectivity index is 2.02. The zero-order chi connectivity index (χ0) is 10.3. The first kappa shape index (κ1) is 10.2. The molecule has 1 aliphatic rings. The third-order valence-corrected chi connectivity index (χ3v) is 5.46. The highest BCUT2D eigenvalue weighted by atomic mass is 127. The van der Waals surface area contributed by atoms with Gasteiger partial charge in [0.25, 0.3) is 0 Å². The highest BCUT2D eigenvalue weighted by Gasteiger charge is 2.25. The van der Waals surface area contributed by atoms with E-state index in [1.165, 1.54) is 29.8 Å². The van der Waals surface area contributed by atoms with Gasteiger partial charge in [-0.3, -0.25) is 0 Å². The standard InChI is InChI=1S/C10H9IN2S2/c11-10-13-12-9(15-10)7-2-1-3-8-6(7)4-5-14-8/h4-5,7H,1-3H2. The Hall–Kier alpha value is -0.0100. The van der Waals surface area contributed by atoms with E-state index in [1.807, 2.05) is 11.3 Å². The zero-order valence-electron chi connectivity index (χ0n) is 7.94. The lowest BCUT2D eigenvalue weighted by Crippen LogP contribution is -2.08. The number of halogens is 1. The van der Waals surface area contributed by atoms with Crippen molar-refractivity contribution in [3.05, 3.63) is 29.9 Å². The first-order valence-corrected chi connectivity index (χ1v) is 7.67. The number of thiophene rings is 1. The Morgan fingerprint density at radius 1 is 1.40 bits per heavy atom. The largest absolute Gasteiger partial charge is 0.178 e. The van der Waals surface area contributed by atoms with Gasteiger partial charge < -0.3 is 0 Å². The van der Waals surface area contributed by atoms with E-state index in [0.29, 0.717) is 5.92 Å². The molecule has 1 atom stereocenters. The third kappa shape index (κ3) is 1.85. The van der Waals surface area contributed by atoms with Gasteiger partial charge >= 0.3 is 0 Å². The number of rotatable bonds is 1. The minimum Gasteiger partial charge on any atom is -0.149 e. The highest BCUT2D eigenvalue weighted by molar-refractivity contribution is 14.1. The predicted molar refractivity (Wildman–Crippen MR) is 71.7 cm³/mol. The minimum atomic E-state index is 0.515. The lowest BCUT2D eigenvalue weighted by atomic mass is 9.88. The van der Waals surface area contributed by atoms with E-state index in [9.17, 15) is 0 Å². The van der Waals surface area contributed by atoms with Crippen LogP contribution in [0.5, 0.6) is 0 Å². The van der Waals surface area contributed by atoms with Crippen LogP contribution in [0.4, 0.5) is 0 Å². The molecule has 0 saturated heterocycles. The van der Waals surface area contributed by atoms with Gasteiger partial charge in [-0.05, 0) is 58.9 Å². The van der Waals surface area contributed by atoms with Crippen LogP contribution in [-0.4, -0.2) is 10.2 Å². The molecule has 0 N–H and O–H groups in total. The van der Waals surface area contributed by atoms with Crippen molar-refractivity contribution in [3.8, 4) is 0 Å². The summed E-state index contributed by atoms with van der Waals surface area (Å²) in [5, 5.41) is 11.8. The maximum absolute atomic E-state index is 4.28. The van der Waals surface area contributed by atoms with Crippen molar-refractivity contribution in [1.29, 1.82) is 0 Å².